The van der Waals surface area contributed by atoms with E-state index in [9.17, 15) is 9.59 Å². The molecule has 0 fully saturated rings. The number of aldehydes is 1. The van der Waals surface area contributed by atoms with Crippen LogP contribution in [0.1, 0.15) is 22.8 Å². The van der Waals surface area contributed by atoms with Crippen LogP contribution < -0.4 is 14.8 Å². The third-order valence-corrected chi connectivity index (χ3v) is 2.37. The fourth-order valence-electron chi connectivity index (χ4n) is 1.61. The lowest BCUT2D eigenvalue weighted by Crippen LogP contribution is -2.09. The molecule has 0 bridgehead atoms. The SMILES string of the molecule is COc1c(NC(C)=O)cc(C=O)c(C)c1OC. The van der Waals surface area contributed by atoms with E-state index in [-0.39, 0.29) is 5.91 Å². The first-order chi connectivity index (χ1) is 8.04. The number of nitrogens with one attached hydrogen (secondary N) is 1. The highest BCUT2D eigenvalue weighted by molar-refractivity contribution is 5.94. The van der Waals surface area contributed by atoms with Crippen molar-refractivity contribution in [3.05, 3.63) is 17.2 Å². The Morgan fingerprint density at radius 2 is 1.88 bits per heavy atom. The van der Waals surface area contributed by atoms with Crippen LogP contribution in [0.2, 0.25) is 0 Å². The minimum absolute atomic E-state index is 0.244. The molecule has 0 aromatic heterocycles. The number of amides is 1. The summed E-state index contributed by atoms with van der Waals surface area (Å²) in [6.45, 7) is 3.13. The summed E-state index contributed by atoms with van der Waals surface area (Å²) in [4.78, 5) is 22.0. The van der Waals surface area contributed by atoms with Crippen molar-refractivity contribution >= 4 is 17.9 Å². The molecule has 0 unspecified atom stereocenters. The largest absolute Gasteiger partial charge is 0.492 e. The lowest BCUT2D eigenvalue weighted by atomic mass is 10.1. The molecule has 1 amide bonds. The standard InChI is InChI=1S/C12H15NO4/c1-7-9(6-14)5-10(13-8(2)15)12(17-4)11(7)16-3/h5-6H,1-4H3,(H,13,15). The minimum Gasteiger partial charge on any atom is -0.492 e. The van der Waals surface area contributed by atoms with E-state index in [2.05, 4.69) is 5.32 Å². The van der Waals surface area contributed by atoms with Crippen molar-refractivity contribution in [2.45, 2.75) is 13.8 Å². The van der Waals surface area contributed by atoms with Crippen molar-refractivity contribution in [2.24, 2.45) is 0 Å². The molecule has 1 aromatic carbocycles. The maximum atomic E-state index is 11.1. The summed E-state index contributed by atoms with van der Waals surface area (Å²) in [5, 5.41) is 2.60. The summed E-state index contributed by atoms with van der Waals surface area (Å²) < 4.78 is 10.4. The van der Waals surface area contributed by atoms with Gasteiger partial charge < -0.3 is 14.8 Å². The van der Waals surface area contributed by atoms with Crippen LogP contribution in [-0.2, 0) is 4.79 Å². The smallest absolute Gasteiger partial charge is 0.221 e. The van der Waals surface area contributed by atoms with Gasteiger partial charge in [-0.15, -0.1) is 0 Å². The molecule has 1 aromatic rings. The number of hydrogen-bond acceptors (Lipinski definition) is 4. The number of hydrogen-bond donors (Lipinski definition) is 1. The van der Waals surface area contributed by atoms with Crippen LogP contribution >= 0.6 is 0 Å². The molecule has 0 aliphatic heterocycles. The normalized spacial score (nSPS) is 9.65. The number of rotatable bonds is 4. The van der Waals surface area contributed by atoms with Gasteiger partial charge in [0.15, 0.2) is 17.8 Å². The van der Waals surface area contributed by atoms with Gasteiger partial charge in [0.05, 0.1) is 19.9 Å². The first-order valence-corrected chi connectivity index (χ1v) is 5.03. The molecular weight excluding hydrogens is 222 g/mol. The molecule has 1 rings (SSSR count). The maximum absolute atomic E-state index is 11.1. The van der Waals surface area contributed by atoms with Crippen molar-refractivity contribution in [3.63, 3.8) is 0 Å². The van der Waals surface area contributed by atoms with Gasteiger partial charge in [-0.05, 0) is 13.0 Å². The van der Waals surface area contributed by atoms with E-state index in [0.717, 1.165) is 0 Å². The summed E-state index contributed by atoms with van der Waals surface area (Å²) in [5.41, 5.74) is 1.55. The molecule has 17 heavy (non-hydrogen) atoms. The van der Waals surface area contributed by atoms with Gasteiger partial charge in [-0.3, -0.25) is 9.59 Å². The molecule has 0 aliphatic carbocycles. The molecule has 92 valence electrons. The Labute approximate surface area is 99.7 Å². The molecule has 0 spiro atoms. The Hall–Kier alpha value is -2.04. The summed E-state index contributed by atoms with van der Waals surface area (Å²) in [5.74, 6) is 0.609. The van der Waals surface area contributed by atoms with Crippen LogP contribution in [-0.4, -0.2) is 26.4 Å². The van der Waals surface area contributed by atoms with Crippen LogP contribution in [0.15, 0.2) is 6.07 Å². The molecule has 1 N–H and O–H groups in total. The Balaban J connectivity index is 3.46. The predicted molar refractivity (Wildman–Crippen MR) is 64.0 cm³/mol. The second-order valence-corrected chi connectivity index (χ2v) is 3.50. The Kier molecular flexibility index (Phi) is 4.09. The Morgan fingerprint density at radius 3 is 2.29 bits per heavy atom. The maximum Gasteiger partial charge on any atom is 0.221 e. The van der Waals surface area contributed by atoms with E-state index in [0.29, 0.717) is 34.6 Å². The zero-order chi connectivity index (χ0) is 13.0. The van der Waals surface area contributed by atoms with Crippen LogP contribution in [0, 0.1) is 6.92 Å². The Morgan fingerprint density at radius 1 is 1.29 bits per heavy atom. The summed E-state index contributed by atoms with van der Waals surface area (Å²) in [6, 6.07) is 1.56. The number of methoxy groups -OCH3 is 2. The number of ether oxygens (including phenoxy) is 2. The highest BCUT2D eigenvalue weighted by atomic mass is 16.5. The summed E-state index contributed by atoms with van der Waals surface area (Å²) in [6.07, 6.45) is 0.711. The zero-order valence-corrected chi connectivity index (χ0v) is 10.3. The molecule has 0 saturated carbocycles. The van der Waals surface area contributed by atoms with Crippen molar-refractivity contribution < 1.29 is 19.1 Å². The summed E-state index contributed by atoms with van der Waals surface area (Å²) in [7, 11) is 2.96. The van der Waals surface area contributed by atoms with Gasteiger partial charge in [0.1, 0.15) is 0 Å². The van der Waals surface area contributed by atoms with E-state index in [4.69, 9.17) is 9.47 Å². The van der Waals surface area contributed by atoms with Crippen molar-refractivity contribution in [1.29, 1.82) is 0 Å². The first-order valence-electron chi connectivity index (χ1n) is 5.03. The lowest BCUT2D eigenvalue weighted by molar-refractivity contribution is -0.114. The molecule has 0 atom stereocenters. The quantitative estimate of drug-likeness (QED) is 0.811. The average molecular weight is 237 g/mol. The fourth-order valence-corrected chi connectivity index (χ4v) is 1.61. The van der Waals surface area contributed by atoms with Crippen LogP contribution in [0.3, 0.4) is 0 Å². The lowest BCUT2D eigenvalue weighted by Gasteiger charge is -2.16. The summed E-state index contributed by atoms with van der Waals surface area (Å²) >= 11 is 0. The molecule has 5 nitrogen and oxygen atoms in total. The highest BCUT2D eigenvalue weighted by Gasteiger charge is 2.17. The number of carbonyl (C=O) groups is 2. The van der Waals surface area contributed by atoms with Crippen molar-refractivity contribution in [3.8, 4) is 11.5 Å². The van der Waals surface area contributed by atoms with Gasteiger partial charge >= 0.3 is 0 Å². The molecule has 0 aliphatic rings. The van der Waals surface area contributed by atoms with Gasteiger partial charge in [0, 0.05) is 18.1 Å². The predicted octanol–water partition coefficient (Wildman–Crippen LogP) is 1.78. The van der Waals surface area contributed by atoms with E-state index in [1.807, 2.05) is 0 Å². The third kappa shape index (κ3) is 2.55. The Bertz CT molecular complexity index is 454. The topological polar surface area (TPSA) is 64.6 Å². The number of benzene rings is 1. The van der Waals surface area contributed by atoms with Crippen LogP contribution in [0.25, 0.3) is 0 Å². The monoisotopic (exact) mass is 237 g/mol. The molecule has 5 heteroatoms. The molecule has 0 radical (unpaired) electrons. The van der Waals surface area contributed by atoms with E-state index >= 15 is 0 Å². The zero-order valence-electron chi connectivity index (χ0n) is 10.3. The van der Waals surface area contributed by atoms with E-state index in [1.165, 1.54) is 21.1 Å². The van der Waals surface area contributed by atoms with Crippen LogP contribution in [0.4, 0.5) is 5.69 Å². The molecule has 0 saturated heterocycles. The van der Waals surface area contributed by atoms with Gasteiger partial charge in [-0.25, -0.2) is 0 Å². The fraction of sp³-hybridized carbons (Fsp3) is 0.333. The second-order valence-electron chi connectivity index (χ2n) is 3.50. The molecular formula is C12H15NO4. The number of carbonyl (C=O) groups excluding carboxylic acids is 2. The van der Waals surface area contributed by atoms with Crippen molar-refractivity contribution in [2.75, 3.05) is 19.5 Å². The molecule has 0 heterocycles. The number of anilines is 1. The van der Waals surface area contributed by atoms with Crippen molar-refractivity contribution in [1.82, 2.24) is 0 Å². The van der Waals surface area contributed by atoms with E-state index < -0.39 is 0 Å². The first kappa shape index (κ1) is 13.0. The second kappa shape index (κ2) is 5.34. The van der Waals surface area contributed by atoms with E-state index in [1.54, 1.807) is 13.0 Å². The third-order valence-electron chi connectivity index (χ3n) is 2.37. The van der Waals surface area contributed by atoms with Crippen LogP contribution in [0.5, 0.6) is 11.5 Å². The van der Waals surface area contributed by atoms with Gasteiger partial charge in [0.25, 0.3) is 0 Å². The van der Waals surface area contributed by atoms with Gasteiger partial charge in [0.2, 0.25) is 5.91 Å². The van der Waals surface area contributed by atoms with Gasteiger partial charge in [-0.1, -0.05) is 0 Å². The minimum atomic E-state index is -0.244. The highest BCUT2D eigenvalue weighted by Crippen LogP contribution is 2.39. The average Bonchev–Trinajstić information content (AvgIpc) is 2.29. The van der Waals surface area contributed by atoms with Gasteiger partial charge in [-0.2, -0.15) is 0 Å².